The Kier molecular flexibility index (Phi) is 7.87. The molecule has 0 unspecified atom stereocenters. The van der Waals surface area contributed by atoms with Crippen molar-refractivity contribution in [1.82, 2.24) is 4.90 Å². The highest BCUT2D eigenvalue weighted by Gasteiger charge is 2.34. The van der Waals surface area contributed by atoms with Crippen LogP contribution in [0.25, 0.3) is 0 Å². The van der Waals surface area contributed by atoms with Crippen molar-refractivity contribution in [2.45, 2.75) is 64.3 Å². The van der Waals surface area contributed by atoms with E-state index in [0.717, 1.165) is 32.8 Å². The second-order valence-electron chi connectivity index (χ2n) is 5.53. The fraction of sp³-hybridized carbons (Fsp3) is 1.00. The molecule has 3 nitrogen and oxygen atoms in total. The van der Waals surface area contributed by atoms with Gasteiger partial charge in [0.1, 0.15) is 0 Å². The van der Waals surface area contributed by atoms with E-state index in [1.165, 1.54) is 44.9 Å². The number of hydrogen-bond acceptors (Lipinski definition) is 3. The van der Waals surface area contributed by atoms with Crippen molar-refractivity contribution in [3.63, 3.8) is 0 Å². The molecule has 0 aromatic carbocycles. The molecule has 0 aromatic rings. The van der Waals surface area contributed by atoms with Crippen LogP contribution in [0, 0.1) is 0 Å². The summed E-state index contributed by atoms with van der Waals surface area (Å²) >= 11 is 0. The van der Waals surface area contributed by atoms with Crippen LogP contribution in [-0.4, -0.2) is 43.3 Å². The predicted octanol–water partition coefficient (Wildman–Crippen LogP) is 2.79. The highest BCUT2D eigenvalue weighted by molar-refractivity contribution is 4.93. The first kappa shape index (κ1) is 15.9. The summed E-state index contributed by atoms with van der Waals surface area (Å²) in [5.41, 5.74) is 6.41. The lowest BCUT2D eigenvalue weighted by Gasteiger charge is -2.43. The zero-order chi connectivity index (χ0) is 13.3. The minimum absolute atomic E-state index is 0.254. The Balaban J connectivity index is 2.63. The van der Waals surface area contributed by atoms with E-state index in [1.54, 1.807) is 0 Å². The molecule has 18 heavy (non-hydrogen) atoms. The fourth-order valence-corrected chi connectivity index (χ4v) is 3.21. The minimum atomic E-state index is 0.254. The van der Waals surface area contributed by atoms with Crippen molar-refractivity contribution in [1.29, 1.82) is 0 Å². The molecule has 0 spiro atoms. The first-order valence-electron chi connectivity index (χ1n) is 7.82. The summed E-state index contributed by atoms with van der Waals surface area (Å²) in [4.78, 5) is 2.62. The Morgan fingerprint density at radius 3 is 2.22 bits per heavy atom. The standard InChI is InChI=1S/C15H32N2O/c1-3-11-17(12-13-18-4-2)15(14-16)9-7-5-6-8-10-15/h3-14,16H2,1-2H3. The van der Waals surface area contributed by atoms with Crippen LogP contribution in [0.5, 0.6) is 0 Å². The van der Waals surface area contributed by atoms with E-state index in [0.29, 0.717) is 0 Å². The largest absolute Gasteiger partial charge is 0.380 e. The molecule has 0 saturated heterocycles. The lowest BCUT2D eigenvalue weighted by atomic mass is 9.88. The van der Waals surface area contributed by atoms with Gasteiger partial charge in [-0.1, -0.05) is 32.6 Å². The van der Waals surface area contributed by atoms with Crippen molar-refractivity contribution in [2.75, 3.05) is 32.8 Å². The van der Waals surface area contributed by atoms with Crippen molar-refractivity contribution >= 4 is 0 Å². The summed E-state index contributed by atoms with van der Waals surface area (Å²) in [5.74, 6) is 0. The first-order valence-corrected chi connectivity index (χ1v) is 7.82. The molecule has 0 radical (unpaired) electrons. The van der Waals surface area contributed by atoms with Gasteiger partial charge in [-0.2, -0.15) is 0 Å². The third kappa shape index (κ3) is 4.52. The zero-order valence-corrected chi connectivity index (χ0v) is 12.4. The maximum Gasteiger partial charge on any atom is 0.0593 e. The lowest BCUT2D eigenvalue weighted by molar-refractivity contribution is 0.0386. The van der Waals surface area contributed by atoms with Crippen LogP contribution in [0.1, 0.15) is 58.8 Å². The highest BCUT2D eigenvalue weighted by Crippen LogP contribution is 2.31. The number of ether oxygens (including phenoxy) is 1. The summed E-state index contributed by atoms with van der Waals surface area (Å²) in [6.45, 7) is 8.99. The smallest absolute Gasteiger partial charge is 0.0593 e. The van der Waals surface area contributed by atoms with E-state index in [1.807, 2.05) is 0 Å². The van der Waals surface area contributed by atoms with E-state index < -0.39 is 0 Å². The Morgan fingerprint density at radius 2 is 1.72 bits per heavy atom. The van der Waals surface area contributed by atoms with Crippen LogP contribution in [0.2, 0.25) is 0 Å². The Bertz CT molecular complexity index is 201. The van der Waals surface area contributed by atoms with Crippen LogP contribution in [0.15, 0.2) is 0 Å². The molecule has 0 heterocycles. The molecule has 0 atom stereocenters. The van der Waals surface area contributed by atoms with Gasteiger partial charge in [0.2, 0.25) is 0 Å². The molecule has 2 N–H and O–H groups in total. The number of nitrogens with two attached hydrogens (primary N) is 1. The average Bonchev–Trinajstić information content (AvgIpc) is 2.64. The van der Waals surface area contributed by atoms with Crippen molar-refractivity contribution in [2.24, 2.45) is 5.73 Å². The molecule has 1 aliphatic carbocycles. The van der Waals surface area contributed by atoms with Crippen LogP contribution in [0.3, 0.4) is 0 Å². The summed E-state index contributed by atoms with van der Waals surface area (Å²) in [5, 5.41) is 0. The minimum Gasteiger partial charge on any atom is -0.380 e. The van der Waals surface area contributed by atoms with Crippen molar-refractivity contribution < 1.29 is 4.74 Å². The maximum absolute atomic E-state index is 6.16. The Labute approximate surface area is 113 Å². The molecule has 1 fully saturated rings. The molecule has 1 aliphatic rings. The van der Waals surface area contributed by atoms with E-state index in [2.05, 4.69) is 18.7 Å². The van der Waals surface area contributed by atoms with Crippen LogP contribution < -0.4 is 5.73 Å². The molecule has 0 aliphatic heterocycles. The summed E-state index contributed by atoms with van der Waals surface area (Å²) in [6.07, 6.45) is 9.19. The van der Waals surface area contributed by atoms with E-state index in [4.69, 9.17) is 10.5 Å². The normalized spacial score (nSPS) is 20.0. The second kappa shape index (κ2) is 8.89. The monoisotopic (exact) mass is 256 g/mol. The van der Waals surface area contributed by atoms with Gasteiger partial charge in [-0.05, 0) is 32.7 Å². The summed E-state index contributed by atoms with van der Waals surface area (Å²) in [7, 11) is 0. The molecule has 0 bridgehead atoms. The number of hydrogen-bond donors (Lipinski definition) is 1. The van der Waals surface area contributed by atoms with Crippen LogP contribution in [-0.2, 0) is 4.74 Å². The quantitative estimate of drug-likeness (QED) is 0.536. The molecular weight excluding hydrogens is 224 g/mol. The topological polar surface area (TPSA) is 38.5 Å². The highest BCUT2D eigenvalue weighted by atomic mass is 16.5. The zero-order valence-electron chi connectivity index (χ0n) is 12.4. The number of rotatable bonds is 8. The van der Waals surface area contributed by atoms with Gasteiger partial charge in [0, 0.05) is 25.2 Å². The van der Waals surface area contributed by atoms with Crippen molar-refractivity contribution in [3.05, 3.63) is 0 Å². The van der Waals surface area contributed by atoms with E-state index in [-0.39, 0.29) is 5.54 Å². The third-order valence-corrected chi connectivity index (χ3v) is 4.29. The summed E-state index contributed by atoms with van der Waals surface area (Å²) in [6, 6.07) is 0. The van der Waals surface area contributed by atoms with Crippen molar-refractivity contribution in [3.8, 4) is 0 Å². The van der Waals surface area contributed by atoms with Gasteiger partial charge in [0.15, 0.2) is 0 Å². The van der Waals surface area contributed by atoms with Gasteiger partial charge in [-0.3, -0.25) is 4.90 Å². The SMILES string of the molecule is CCCN(CCOCC)C1(CN)CCCCCC1. The number of nitrogens with zero attached hydrogens (tertiary/aromatic N) is 1. The lowest BCUT2D eigenvalue weighted by Crippen LogP contribution is -2.55. The van der Waals surface area contributed by atoms with Gasteiger partial charge >= 0.3 is 0 Å². The van der Waals surface area contributed by atoms with Gasteiger partial charge in [-0.25, -0.2) is 0 Å². The summed E-state index contributed by atoms with van der Waals surface area (Å²) < 4.78 is 5.54. The first-order chi connectivity index (χ1) is 8.79. The van der Waals surface area contributed by atoms with Gasteiger partial charge in [-0.15, -0.1) is 0 Å². The third-order valence-electron chi connectivity index (χ3n) is 4.29. The predicted molar refractivity (Wildman–Crippen MR) is 77.8 cm³/mol. The average molecular weight is 256 g/mol. The van der Waals surface area contributed by atoms with Crippen LogP contribution >= 0.6 is 0 Å². The molecular formula is C15H32N2O. The van der Waals surface area contributed by atoms with Crippen LogP contribution in [0.4, 0.5) is 0 Å². The Hall–Kier alpha value is -0.120. The fourth-order valence-electron chi connectivity index (χ4n) is 3.21. The molecule has 3 heteroatoms. The molecule has 1 saturated carbocycles. The van der Waals surface area contributed by atoms with Gasteiger partial charge < -0.3 is 10.5 Å². The molecule has 1 rings (SSSR count). The van der Waals surface area contributed by atoms with Gasteiger partial charge in [0.25, 0.3) is 0 Å². The molecule has 0 aromatic heterocycles. The molecule has 0 amide bonds. The Morgan fingerprint density at radius 1 is 1.06 bits per heavy atom. The van der Waals surface area contributed by atoms with E-state index in [9.17, 15) is 0 Å². The molecule has 108 valence electrons. The second-order valence-corrected chi connectivity index (χ2v) is 5.53. The van der Waals surface area contributed by atoms with Gasteiger partial charge in [0.05, 0.1) is 6.61 Å². The maximum atomic E-state index is 6.16. The van der Waals surface area contributed by atoms with E-state index >= 15 is 0 Å².